The van der Waals surface area contributed by atoms with Gasteiger partial charge >= 0.3 is 10.2 Å². The van der Waals surface area contributed by atoms with Gasteiger partial charge in [-0.25, -0.2) is 8.70 Å². The van der Waals surface area contributed by atoms with E-state index in [1.165, 1.54) is 6.07 Å². The average Bonchev–Trinajstić information content (AvgIpc) is 2.60. The molecular weight excluding hydrogens is 291 g/mol. The van der Waals surface area contributed by atoms with Gasteiger partial charge in [0.25, 0.3) is 0 Å². The Hall–Kier alpha value is -1.79. The van der Waals surface area contributed by atoms with Gasteiger partial charge in [-0.3, -0.25) is 4.72 Å². The van der Waals surface area contributed by atoms with Crippen LogP contribution in [0.5, 0.6) is 0 Å². The topological polar surface area (TPSA) is 49.4 Å². The predicted molar refractivity (Wildman–Crippen MR) is 72.5 cm³/mol. The van der Waals surface area contributed by atoms with Crippen LogP contribution in [0.4, 0.5) is 21.5 Å². The quantitative estimate of drug-likeness (QED) is 0.878. The minimum atomic E-state index is -3.76. The summed E-state index contributed by atoms with van der Waals surface area (Å²) in [5.41, 5.74) is 1.12. The molecule has 0 fully saturated rings. The smallest absolute Gasteiger partial charge is 0.264 e. The summed E-state index contributed by atoms with van der Waals surface area (Å²) < 4.78 is 40.8. The monoisotopic (exact) mass is 298 g/mol. The number of anilines is 3. The van der Waals surface area contributed by atoms with Crippen LogP contribution in [0.3, 0.4) is 0 Å². The van der Waals surface area contributed by atoms with Gasteiger partial charge in [0.2, 0.25) is 0 Å². The van der Waals surface area contributed by atoms with Crippen LogP contribution in [0, 0.1) is 5.82 Å². The molecule has 0 unspecified atom stereocenters. The minimum absolute atomic E-state index is 0.0297. The van der Waals surface area contributed by atoms with E-state index in [-0.39, 0.29) is 10.7 Å². The van der Waals surface area contributed by atoms with Gasteiger partial charge in [0.15, 0.2) is 0 Å². The Kier molecular flexibility index (Phi) is 2.65. The van der Waals surface area contributed by atoms with Crippen LogP contribution in [0.1, 0.15) is 0 Å². The number of fused-ring (bicyclic) bond motifs is 1. The Labute approximate surface area is 114 Å². The van der Waals surface area contributed by atoms with Gasteiger partial charge < -0.3 is 0 Å². The molecule has 0 bridgehead atoms. The highest BCUT2D eigenvalue weighted by Crippen LogP contribution is 2.43. The molecule has 0 saturated carbocycles. The van der Waals surface area contributed by atoms with E-state index >= 15 is 0 Å². The molecule has 1 aliphatic heterocycles. The van der Waals surface area contributed by atoms with Crippen molar-refractivity contribution in [2.75, 3.05) is 9.03 Å². The van der Waals surface area contributed by atoms with Crippen LogP contribution in [0.15, 0.2) is 42.5 Å². The predicted octanol–water partition coefficient (Wildman–Crippen LogP) is 3.29. The molecule has 7 heteroatoms. The van der Waals surface area contributed by atoms with E-state index in [4.69, 9.17) is 11.6 Å². The first-order valence-corrected chi connectivity index (χ1v) is 7.18. The van der Waals surface area contributed by atoms with E-state index in [1.807, 2.05) is 0 Å². The number of hydrogen-bond donors (Lipinski definition) is 1. The maximum absolute atomic E-state index is 13.1. The van der Waals surface area contributed by atoms with Crippen molar-refractivity contribution < 1.29 is 12.8 Å². The number of hydrogen-bond acceptors (Lipinski definition) is 2. The fraction of sp³-hybridized carbons (Fsp3) is 0. The molecule has 4 nitrogen and oxygen atoms in total. The summed E-state index contributed by atoms with van der Waals surface area (Å²) in [7, 11) is -3.76. The van der Waals surface area contributed by atoms with Crippen molar-refractivity contribution in [2.45, 2.75) is 0 Å². The number of halogens is 2. The highest BCUT2D eigenvalue weighted by Gasteiger charge is 2.34. The Bertz CT molecular complexity index is 764. The van der Waals surface area contributed by atoms with Crippen molar-refractivity contribution in [1.29, 1.82) is 0 Å². The van der Waals surface area contributed by atoms with E-state index in [1.54, 1.807) is 24.3 Å². The summed E-state index contributed by atoms with van der Waals surface area (Å²) in [5.74, 6) is -0.522. The molecule has 1 N–H and O–H groups in total. The normalized spacial score (nSPS) is 16.0. The Morgan fingerprint density at radius 1 is 1.11 bits per heavy atom. The molecule has 1 aliphatic rings. The molecule has 2 aromatic carbocycles. The van der Waals surface area contributed by atoms with Crippen LogP contribution in [0.2, 0.25) is 5.02 Å². The summed E-state index contributed by atoms with van der Waals surface area (Å²) in [6.45, 7) is 0. The summed E-state index contributed by atoms with van der Waals surface area (Å²) in [6, 6.07) is 10.3. The van der Waals surface area contributed by atoms with Crippen molar-refractivity contribution >= 4 is 38.9 Å². The molecule has 0 spiro atoms. The van der Waals surface area contributed by atoms with Crippen molar-refractivity contribution in [3.63, 3.8) is 0 Å². The number of rotatable bonds is 1. The van der Waals surface area contributed by atoms with Crippen molar-refractivity contribution in [1.82, 2.24) is 0 Å². The van der Waals surface area contributed by atoms with E-state index in [0.717, 1.165) is 16.4 Å². The first kappa shape index (κ1) is 12.3. The van der Waals surface area contributed by atoms with Crippen molar-refractivity contribution in [3.05, 3.63) is 53.3 Å². The second-order valence-electron chi connectivity index (χ2n) is 3.98. The molecule has 98 valence electrons. The van der Waals surface area contributed by atoms with Gasteiger partial charge in [0.05, 0.1) is 22.1 Å². The van der Waals surface area contributed by atoms with Gasteiger partial charge in [-0.15, -0.1) is 0 Å². The summed E-state index contributed by atoms with van der Waals surface area (Å²) in [6.07, 6.45) is 0. The number of benzene rings is 2. The zero-order valence-electron chi connectivity index (χ0n) is 9.47. The maximum atomic E-state index is 13.1. The maximum Gasteiger partial charge on any atom is 0.328 e. The lowest BCUT2D eigenvalue weighted by Gasteiger charge is -2.18. The van der Waals surface area contributed by atoms with Gasteiger partial charge in [0.1, 0.15) is 5.82 Å². The van der Waals surface area contributed by atoms with E-state index < -0.39 is 16.0 Å². The summed E-state index contributed by atoms with van der Waals surface area (Å²) >= 11 is 5.93. The molecule has 2 aromatic rings. The third kappa shape index (κ3) is 1.93. The number of para-hydroxylation sites is 2. The van der Waals surface area contributed by atoms with Crippen molar-refractivity contribution in [3.8, 4) is 0 Å². The standard InChI is InChI=1S/C12H8ClFN2O2S/c13-9-7-8(14)5-6-11(9)16-12-4-2-1-3-10(12)15-19(16,17)18/h1-7,15H. The molecule has 0 radical (unpaired) electrons. The highest BCUT2D eigenvalue weighted by molar-refractivity contribution is 7.95. The number of nitrogens with zero attached hydrogens (tertiary/aromatic N) is 1. The summed E-state index contributed by atoms with van der Waals surface area (Å²) in [4.78, 5) is 0. The molecule has 19 heavy (non-hydrogen) atoms. The SMILES string of the molecule is O=S1(=O)Nc2ccccc2N1c1ccc(F)cc1Cl. The third-order valence-corrected chi connectivity index (χ3v) is 4.39. The lowest BCUT2D eigenvalue weighted by molar-refractivity contribution is 0.602. The largest absolute Gasteiger partial charge is 0.328 e. The van der Waals surface area contributed by atoms with Gasteiger partial charge in [-0.2, -0.15) is 8.42 Å². The van der Waals surface area contributed by atoms with Crippen LogP contribution in [-0.4, -0.2) is 8.42 Å². The zero-order valence-corrected chi connectivity index (χ0v) is 11.0. The molecule has 0 aliphatic carbocycles. The van der Waals surface area contributed by atoms with Crippen LogP contribution < -0.4 is 9.03 Å². The Morgan fingerprint density at radius 2 is 1.84 bits per heavy atom. The number of nitrogens with one attached hydrogen (secondary N) is 1. The van der Waals surface area contributed by atoms with Gasteiger partial charge in [-0.05, 0) is 30.3 Å². The molecule has 0 aromatic heterocycles. The van der Waals surface area contributed by atoms with Crippen LogP contribution in [-0.2, 0) is 10.2 Å². The van der Waals surface area contributed by atoms with Crippen molar-refractivity contribution in [2.24, 2.45) is 0 Å². The summed E-state index contributed by atoms with van der Waals surface area (Å²) in [5, 5.41) is 0.0297. The Balaban J connectivity index is 2.23. The van der Waals surface area contributed by atoms with E-state index in [9.17, 15) is 12.8 Å². The minimum Gasteiger partial charge on any atom is -0.264 e. The first-order chi connectivity index (χ1) is 8.99. The fourth-order valence-electron chi connectivity index (χ4n) is 1.96. The lowest BCUT2D eigenvalue weighted by atomic mass is 10.2. The molecule has 0 amide bonds. The van der Waals surface area contributed by atoms with E-state index in [0.29, 0.717) is 11.4 Å². The molecule has 0 atom stereocenters. The fourth-order valence-corrected chi connectivity index (χ4v) is 3.64. The zero-order chi connectivity index (χ0) is 13.6. The molecule has 3 rings (SSSR count). The van der Waals surface area contributed by atoms with E-state index in [2.05, 4.69) is 4.72 Å². The average molecular weight is 299 g/mol. The van der Waals surface area contributed by atoms with Crippen LogP contribution >= 0.6 is 11.6 Å². The highest BCUT2D eigenvalue weighted by atomic mass is 35.5. The third-order valence-electron chi connectivity index (χ3n) is 2.73. The first-order valence-electron chi connectivity index (χ1n) is 5.36. The Morgan fingerprint density at radius 3 is 2.58 bits per heavy atom. The second kappa shape index (κ2) is 4.11. The van der Waals surface area contributed by atoms with Gasteiger partial charge in [-0.1, -0.05) is 23.7 Å². The van der Waals surface area contributed by atoms with Crippen LogP contribution in [0.25, 0.3) is 0 Å². The molecule has 0 saturated heterocycles. The molecular formula is C12H8ClFN2O2S. The molecule has 1 heterocycles. The van der Waals surface area contributed by atoms with Gasteiger partial charge in [0, 0.05) is 0 Å². The lowest BCUT2D eigenvalue weighted by Crippen LogP contribution is -2.25. The second-order valence-corrected chi connectivity index (χ2v) is 5.91.